The average molecular weight is 422 g/mol. The maximum absolute atomic E-state index is 14.3. The molecule has 1 atom stereocenters. The number of para-hydroxylation sites is 1. The smallest absolute Gasteiger partial charge is 0.304 e. The maximum atomic E-state index is 14.3. The molecular weight excluding hydrogens is 393 g/mol. The first kappa shape index (κ1) is 22.8. The highest BCUT2D eigenvalue weighted by molar-refractivity contribution is 7.90. The molecule has 29 heavy (non-hydrogen) atoms. The highest BCUT2D eigenvalue weighted by atomic mass is 32.2. The monoisotopic (exact) mass is 421 g/mol. The van der Waals surface area contributed by atoms with Crippen molar-refractivity contribution in [3.8, 4) is 0 Å². The summed E-state index contributed by atoms with van der Waals surface area (Å²) in [6.07, 6.45) is 0.690. The fourth-order valence-electron chi connectivity index (χ4n) is 2.95. The summed E-state index contributed by atoms with van der Waals surface area (Å²) in [4.78, 5) is 12.8. The largest absolute Gasteiger partial charge is 0.348 e. The van der Waals surface area contributed by atoms with Crippen LogP contribution in [0.2, 0.25) is 0 Å². The van der Waals surface area contributed by atoms with Gasteiger partial charge in [0.15, 0.2) is 0 Å². The van der Waals surface area contributed by atoms with Crippen molar-refractivity contribution in [2.75, 3.05) is 24.9 Å². The molecule has 0 heterocycles. The molecular formula is C21H28FN3O3S. The predicted octanol–water partition coefficient (Wildman–Crippen LogP) is 3.34. The first-order valence-corrected chi connectivity index (χ1v) is 10.8. The van der Waals surface area contributed by atoms with Gasteiger partial charge in [0.25, 0.3) is 0 Å². The van der Waals surface area contributed by atoms with E-state index in [-0.39, 0.29) is 11.7 Å². The molecule has 0 aliphatic heterocycles. The van der Waals surface area contributed by atoms with E-state index < -0.39 is 28.5 Å². The van der Waals surface area contributed by atoms with Crippen molar-refractivity contribution >= 4 is 21.8 Å². The Morgan fingerprint density at radius 3 is 2.17 bits per heavy atom. The van der Waals surface area contributed by atoms with Gasteiger partial charge in [0, 0.05) is 14.1 Å². The van der Waals surface area contributed by atoms with Gasteiger partial charge in [-0.2, -0.15) is 12.7 Å². The molecule has 0 saturated carbocycles. The summed E-state index contributed by atoms with van der Waals surface area (Å²) in [5.74, 6) is -0.908. The van der Waals surface area contributed by atoms with Crippen molar-refractivity contribution in [1.29, 1.82) is 0 Å². The quantitative estimate of drug-likeness (QED) is 0.675. The van der Waals surface area contributed by atoms with E-state index in [0.717, 1.165) is 20.2 Å². The van der Waals surface area contributed by atoms with Crippen molar-refractivity contribution in [2.24, 2.45) is 5.92 Å². The number of nitrogens with one attached hydrogen (secondary N) is 1. The summed E-state index contributed by atoms with van der Waals surface area (Å²) < 4.78 is 41.6. The van der Waals surface area contributed by atoms with Gasteiger partial charge in [-0.3, -0.25) is 4.79 Å². The third kappa shape index (κ3) is 6.01. The molecule has 0 radical (unpaired) electrons. The summed E-state index contributed by atoms with van der Waals surface area (Å²) in [5.41, 5.74) is 0.763. The van der Waals surface area contributed by atoms with Crippen LogP contribution >= 0.6 is 0 Å². The minimum absolute atomic E-state index is 0.170. The fourth-order valence-corrected chi connectivity index (χ4v) is 4.02. The molecule has 158 valence electrons. The molecule has 8 heteroatoms. The van der Waals surface area contributed by atoms with Crippen molar-refractivity contribution in [3.63, 3.8) is 0 Å². The van der Waals surface area contributed by atoms with Gasteiger partial charge in [-0.05, 0) is 30.0 Å². The highest BCUT2D eigenvalue weighted by Gasteiger charge is 2.30. The van der Waals surface area contributed by atoms with E-state index in [1.165, 1.54) is 32.3 Å². The number of carbonyl (C=O) groups excluding carboxylic acids is 1. The number of nitrogens with zero attached hydrogens (tertiary/aromatic N) is 2. The normalized spacial score (nSPS) is 12.8. The van der Waals surface area contributed by atoms with Crippen LogP contribution in [0, 0.1) is 11.7 Å². The summed E-state index contributed by atoms with van der Waals surface area (Å²) in [6, 6.07) is 14.7. The molecule has 0 spiro atoms. The first-order chi connectivity index (χ1) is 13.6. The SMILES string of the molecule is CC(C)C[C@@H](NC(=O)CN(c1ccccc1F)S(=O)(=O)N(C)C)c1ccccc1. The molecule has 0 aliphatic carbocycles. The van der Waals surface area contributed by atoms with Gasteiger partial charge in [0.1, 0.15) is 12.4 Å². The molecule has 1 amide bonds. The van der Waals surface area contributed by atoms with E-state index in [0.29, 0.717) is 12.3 Å². The fraction of sp³-hybridized carbons (Fsp3) is 0.381. The Morgan fingerprint density at radius 2 is 1.62 bits per heavy atom. The number of rotatable bonds is 9. The van der Waals surface area contributed by atoms with Gasteiger partial charge in [0.05, 0.1) is 11.7 Å². The molecule has 0 saturated heterocycles. The Morgan fingerprint density at radius 1 is 1.03 bits per heavy atom. The minimum atomic E-state index is -4.07. The van der Waals surface area contributed by atoms with Crippen LogP contribution in [0.1, 0.15) is 31.9 Å². The van der Waals surface area contributed by atoms with E-state index >= 15 is 0 Å². The van der Waals surface area contributed by atoms with E-state index in [1.54, 1.807) is 0 Å². The van der Waals surface area contributed by atoms with Crippen LogP contribution in [0.15, 0.2) is 54.6 Å². The molecule has 2 rings (SSSR count). The first-order valence-electron chi connectivity index (χ1n) is 9.42. The number of benzene rings is 2. The molecule has 0 unspecified atom stereocenters. The van der Waals surface area contributed by atoms with Crippen molar-refractivity contribution in [2.45, 2.75) is 26.3 Å². The minimum Gasteiger partial charge on any atom is -0.348 e. The number of halogens is 1. The summed E-state index contributed by atoms with van der Waals surface area (Å²) in [5, 5.41) is 2.91. The zero-order chi connectivity index (χ0) is 21.6. The lowest BCUT2D eigenvalue weighted by atomic mass is 9.97. The van der Waals surface area contributed by atoms with Crippen LogP contribution in [-0.2, 0) is 15.0 Å². The second-order valence-electron chi connectivity index (χ2n) is 7.41. The van der Waals surface area contributed by atoms with E-state index in [4.69, 9.17) is 0 Å². The Bertz CT molecular complexity index is 918. The Balaban J connectivity index is 2.30. The van der Waals surface area contributed by atoms with Gasteiger partial charge < -0.3 is 5.32 Å². The molecule has 0 bridgehead atoms. The van der Waals surface area contributed by atoms with Gasteiger partial charge in [-0.15, -0.1) is 0 Å². The van der Waals surface area contributed by atoms with Gasteiger partial charge in [-0.25, -0.2) is 8.70 Å². The topological polar surface area (TPSA) is 69.7 Å². The Kier molecular flexibility index (Phi) is 7.75. The number of hydrogen-bond donors (Lipinski definition) is 1. The number of carbonyl (C=O) groups is 1. The lowest BCUT2D eigenvalue weighted by Gasteiger charge is -2.28. The third-order valence-electron chi connectivity index (χ3n) is 4.39. The van der Waals surface area contributed by atoms with E-state index in [1.807, 2.05) is 44.2 Å². The van der Waals surface area contributed by atoms with Gasteiger partial charge in [0.2, 0.25) is 5.91 Å². The molecule has 2 aromatic rings. The molecule has 6 nitrogen and oxygen atoms in total. The van der Waals surface area contributed by atoms with Crippen molar-refractivity contribution in [3.05, 3.63) is 66.0 Å². The molecule has 0 aromatic heterocycles. The van der Waals surface area contributed by atoms with Crippen LogP contribution < -0.4 is 9.62 Å². The number of anilines is 1. The molecule has 0 aliphatic rings. The second-order valence-corrected chi connectivity index (χ2v) is 9.48. The standard InChI is InChI=1S/C21H28FN3O3S/c1-16(2)14-19(17-10-6-5-7-11-17)23-21(26)15-25(29(27,28)24(3)4)20-13-9-8-12-18(20)22/h5-13,16,19H,14-15H2,1-4H3,(H,23,26)/t19-/m1/s1. The van der Waals surface area contributed by atoms with Gasteiger partial charge >= 0.3 is 10.2 Å². The molecule has 0 fully saturated rings. The zero-order valence-electron chi connectivity index (χ0n) is 17.2. The lowest BCUT2D eigenvalue weighted by Crippen LogP contribution is -2.46. The number of hydrogen-bond acceptors (Lipinski definition) is 3. The van der Waals surface area contributed by atoms with Crippen LogP contribution in [0.25, 0.3) is 0 Å². The average Bonchev–Trinajstić information content (AvgIpc) is 2.66. The van der Waals surface area contributed by atoms with Crippen molar-refractivity contribution < 1.29 is 17.6 Å². The van der Waals surface area contributed by atoms with Crippen LogP contribution in [0.5, 0.6) is 0 Å². The highest BCUT2D eigenvalue weighted by Crippen LogP contribution is 2.24. The van der Waals surface area contributed by atoms with Crippen LogP contribution in [0.3, 0.4) is 0 Å². The zero-order valence-corrected chi connectivity index (χ0v) is 18.0. The van der Waals surface area contributed by atoms with Gasteiger partial charge in [-0.1, -0.05) is 56.3 Å². The Hall–Kier alpha value is -2.45. The summed E-state index contributed by atoms with van der Waals surface area (Å²) >= 11 is 0. The second kappa shape index (κ2) is 9.84. The molecule has 1 N–H and O–H groups in total. The predicted molar refractivity (Wildman–Crippen MR) is 113 cm³/mol. The van der Waals surface area contributed by atoms with Crippen molar-refractivity contribution in [1.82, 2.24) is 9.62 Å². The summed E-state index contributed by atoms with van der Waals surface area (Å²) in [6.45, 7) is 3.57. The summed E-state index contributed by atoms with van der Waals surface area (Å²) in [7, 11) is -1.39. The van der Waals surface area contributed by atoms with Crippen LogP contribution in [0.4, 0.5) is 10.1 Å². The van der Waals surface area contributed by atoms with E-state index in [9.17, 15) is 17.6 Å². The maximum Gasteiger partial charge on any atom is 0.304 e. The lowest BCUT2D eigenvalue weighted by molar-refractivity contribution is -0.120. The van der Waals surface area contributed by atoms with Crippen LogP contribution in [-0.4, -0.2) is 39.3 Å². The third-order valence-corrected chi connectivity index (χ3v) is 6.20. The molecule has 2 aromatic carbocycles. The Labute approximate surface area is 172 Å². The van der Waals surface area contributed by atoms with E-state index in [2.05, 4.69) is 5.32 Å². The number of amides is 1.